The Morgan fingerprint density at radius 1 is 1.24 bits per heavy atom. The van der Waals surface area contributed by atoms with Crippen molar-refractivity contribution >= 4 is 17.7 Å². The van der Waals surface area contributed by atoms with Gasteiger partial charge in [0.15, 0.2) is 0 Å². The van der Waals surface area contributed by atoms with Gasteiger partial charge in [-0.25, -0.2) is 0 Å². The van der Waals surface area contributed by atoms with Crippen LogP contribution in [0.1, 0.15) is 40.3 Å². The van der Waals surface area contributed by atoms with Crippen LogP contribution < -0.4 is 4.90 Å². The summed E-state index contributed by atoms with van der Waals surface area (Å²) < 4.78 is 0. The monoisotopic (exact) mass is 236 g/mol. The van der Waals surface area contributed by atoms with Crippen molar-refractivity contribution in [2.24, 2.45) is 5.92 Å². The van der Waals surface area contributed by atoms with Crippen LogP contribution in [-0.2, 0) is 4.79 Å². The number of hydrogen-bond donors (Lipinski definition) is 1. The molecule has 1 aliphatic heterocycles. The molecule has 0 saturated carbocycles. The molecule has 0 radical (unpaired) electrons. The predicted octanol–water partition coefficient (Wildman–Crippen LogP) is 3.69. The van der Waals surface area contributed by atoms with E-state index < -0.39 is 0 Å². The van der Waals surface area contributed by atoms with Crippen molar-refractivity contribution in [1.29, 1.82) is 0 Å². The van der Waals surface area contributed by atoms with Crippen LogP contribution in [0.3, 0.4) is 0 Å². The molecule has 1 unspecified atom stereocenters. The molecule has 0 bridgehead atoms. The lowest BCUT2D eigenvalue weighted by Crippen LogP contribution is -2.29. The van der Waals surface area contributed by atoms with Gasteiger partial charge in [-0.3, -0.25) is 4.79 Å². The summed E-state index contributed by atoms with van der Waals surface area (Å²) in [7, 11) is 1.80. The second-order valence-corrected chi connectivity index (χ2v) is 3.32. The maximum atomic E-state index is 11.7. The van der Waals surface area contributed by atoms with E-state index in [1.807, 2.05) is 59.0 Å². The van der Waals surface area contributed by atoms with Gasteiger partial charge in [0.1, 0.15) is 0 Å². The van der Waals surface area contributed by atoms with E-state index in [0.717, 1.165) is 11.4 Å². The van der Waals surface area contributed by atoms with Gasteiger partial charge in [0.25, 0.3) is 0 Å². The lowest BCUT2D eigenvalue weighted by Gasteiger charge is -2.16. The first-order valence-corrected chi connectivity index (χ1v) is 6.33. The van der Waals surface area contributed by atoms with E-state index in [1.165, 1.54) is 0 Å². The highest BCUT2D eigenvalue weighted by Gasteiger charge is 2.21. The van der Waals surface area contributed by atoms with Crippen molar-refractivity contribution in [3.63, 3.8) is 0 Å². The highest BCUT2D eigenvalue weighted by Crippen LogP contribution is 2.25. The van der Waals surface area contributed by atoms with Gasteiger partial charge in [-0.05, 0) is 12.1 Å². The van der Waals surface area contributed by atoms with Crippen molar-refractivity contribution in [3.8, 4) is 0 Å². The summed E-state index contributed by atoms with van der Waals surface area (Å²) in [5.41, 5.74) is 1.95. The smallest absolute Gasteiger partial charge is 0.233 e. The number of aromatic amines is 1. The van der Waals surface area contributed by atoms with E-state index in [0.29, 0.717) is 0 Å². The summed E-state index contributed by atoms with van der Waals surface area (Å²) in [6, 6.07) is 1.91. The fraction of sp³-hybridized carbons (Fsp3) is 0.500. The van der Waals surface area contributed by atoms with Crippen LogP contribution in [0.25, 0.3) is 6.08 Å². The lowest BCUT2D eigenvalue weighted by molar-refractivity contribution is -0.120. The molecule has 3 nitrogen and oxygen atoms in total. The number of aromatic nitrogens is 1. The number of anilines is 1. The van der Waals surface area contributed by atoms with Crippen molar-refractivity contribution in [2.45, 2.75) is 34.6 Å². The van der Waals surface area contributed by atoms with Crippen LogP contribution in [0.4, 0.5) is 5.69 Å². The molecule has 1 atom stereocenters. The number of carbonyl (C=O) groups is 1. The standard InChI is InChI=1S/C10H12N2O.2C2H6/c1-7-3-4-8-9(5-6-11-8)12(2)10(7)13;2*1-2/h3-7,11H,1-2H3;2*1-2H3. The third-order valence-corrected chi connectivity index (χ3v) is 2.39. The summed E-state index contributed by atoms with van der Waals surface area (Å²) >= 11 is 0. The number of nitrogens with one attached hydrogen (secondary N) is 1. The van der Waals surface area contributed by atoms with Gasteiger partial charge in [0.2, 0.25) is 5.91 Å². The molecule has 3 heteroatoms. The van der Waals surface area contributed by atoms with Gasteiger partial charge in [0, 0.05) is 13.2 Å². The average molecular weight is 236 g/mol. The van der Waals surface area contributed by atoms with Crippen molar-refractivity contribution < 1.29 is 4.79 Å². The maximum Gasteiger partial charge on any atom is 0.233 e. The summed E-state index contributed by atoms with van der Waals surface area (Å²) in [5.74, 6) is 0.0976. The first-order valence-electron chi connectivity index (χ1n) is 6.33. The molecule has 1 aliphatic rings. The minimum absolute atomic E-state index is 0.0363. The Morgan fingerprint density at radius 3 is 2.41 bits per heavy atom. The number of amides is 1. The minimum Gasteiger partial charge on any atom is -0.360 e. The molecule has 2 rings (SSSR count). The van der Waals surface area contributed by atoms with Gasteiger partial charge in [-0.1, -0.05) is 40.7 Å². The van der Waals surface area contributed by atoms with Gasteiger partial charge in [0.05, 0.1) is 17.3 Å². The average Bonchev–Trinajstić information content (AvgIpc) is 2.83. The van der Waals surface area contributed by atoms with Crippen LogP contribution in [-0.4, -0.2) is 17.9 Å². The Bertz CT molecular complexity index is 366. The van der Waals surface area contributed by atoms with E-state index in [9.17, 15) is 4.79 Å². The Morgan fingerprint density at radius 2 is 1.82 bits per heavy atom. The Balaban J connectivity index is 0.000000581. The first-order chi connectivity index (χ1) is 8.20. The summed E-state index contributed by atoms with van der Waals surface area (Å²) in [5, 5.41) is 0. The van der Waals surface area contributed by atoms with Crippen LogP contribution >= 0.6 is 0 Å². The second-order valence-electron chi connectivity index (χ2n) is 3.32. The lowest BCUT2D eigenvalue weighted by atomic mass is 10.1. The molecule has 1 aromatic heterocycles. The summed E-state index contributed by atoms with van der Waals surface area (Å²) in [6.45, 7) is 9.90. The van der Waals surface area contributed by atoms with Gasteiger partial charge >= 0.3 is 0 Å². The van der Waals surface area contributed by atoms with Gasteiger partial charge in [-0.2, -0.15) is 0 Å². The molecule has 0 aliphatic carbocycles. The van der Waals surface area contributed by atoms with E-state index in [2.05, 4.69) is 4.98 Å². The van der Waals surface area contributed by atoms with E-state index in [1.54, 1.807) is 11.9 Å². The molecule has 0 aromatic carbocycles. The fourth-order valence-corrected chi connectivity index (χ4v) is 1.55. The van der Waals surface area contributed by atoms with Crippen LogP contribution in [0.15, 0.2) is 18.3 Å². The Kier molecular flexibility index (Phi) is 7.03. The highest BCUT2D eigenvalue weighted by atomic mass is 16.2. The zero-order chi connectivity index (χ0) is 13.4. The topological polar surface area (TPSA) is 36.1 Å². The third-order valence-electron chi connectivity index (χ3n) is 2.39. The number of hydrogen-bond acceptors (Lipinski definition) is 1. The molecule has 1 N–H and O–H groups in total. The van der Waals surface area contributed by atoms with E-state index >= 15 is 0 Å². The number of rotatable bonds is 0. The van der Waals surface area contributed by atoms with Crippen LogP contribution in [0.2, 0.25) is 0 Å². The molecule has 2 heterocycles. The summed E-state index contributed by atoms with van der Waals surface area (Å²) in [4.78, 5) is 16.4. The number of nitrogens with zero attached hydrogens (tertiary/aromatic N) is 1. The highest BCUT2D eigenvalue weighted by molar-refractivity contribution is 5.99. The zero-order valence-corrected chi connectivity index (χ0v) is 11.7. The molecule has 0 saturated heterocycles. The minimum atomic E-state index is -0.0363. The molecule has 17 heavy (non-hydrogen) atoms. The molecular formula is C14H24N2O. The number of carbonyl (C=O) groups excluding carboxylic acids is 1. The molecule has 0 fully saturated rings. The first kappa shape index (κ1) is 15.5. The van der Waals surface area contributed by atoms with Gasteiger partial charge < -0.3 is 9.88 Å². The molecule has 96 valence electrons. The summed E-state index contributed by atoms with van der Waals surface area (Å²) in [6.07, 6.45) is 5.72. The molecular weight excluding hydrogens is 212 g/mol. The van der Waals surface area contributed by atoms with Crippen molar-refractivity contribution in [3.05, 3.63) is 24.0 Å². The SMILES string of the molecule is CC.CC.CC1C=Cc2[nH]ccc2N(C)C1=O. The number of H-pyrrole nitrogens is 1. The zero-order valence-electron chi connectivity index (χ0n) is 11.7. The van der Waals surface area contributed by atoms with Crippen molar-refractivity contribution in [2.75, 3.05) is 11.9 Å². The van der Waals surface area contributed by atoms with E-state index in [-0.39, 0.29) is 11.8 Å². The predicted molar refractivity (Wildman–Crippen MR) is 75.1 cm³/mol. The normalized spacial score (nSPS) is 17.2. The van der Waals surface area contributed by atoms with Crippen molar-refractivity contribution in [1.82, 2.24) is 4.98 Å². The number of fused-ring (bicyclic) bond motifs is 1. The third kappa shape index (κ3) is 3.48. The van der Waals surface area contributed by atoms with Crippen LogP contribution in [0.5, 0.6) is 0 Å². The largest absolute Gasteiger partial charge is 0.360 e. The second kappa shape index (κ2) is 7.71. The Hall–Kier alpha value is -1.51. The van der Waals surface area contributed by atoms with E-state index in [4.69, 9.17) is 0 Å². The van der Waals surface area contributed by atoms with Crippen LogP contribution in [0, 0.1) is 5.92 Å². The quantitative estimate of drug-likeness (QED) is 0.732. The molecule has 0 spiro atoms. The molecule has 1 aromatic rings. The maximum absolute atomic E-state index is 11.7. The fourth-order valence-electron chi connectivity index (χ4n) is 1.55. The Labute approximate surface area is 105 Å². The van der Waals surface area contributed by atoms with Gasteiger partial charge in [-0.15, -0.1) is 0 Å². The molecule has 1 amide bonds.